The fraction of sp³-hybridized carbons (Fsp3) is 0.500. The number of fused-ring (bicyclic) bond motifs is 1. The van der Waals surface area contributed by atoms with E-state index in [4.69, 9.17) is 5.73 Å². The molecule has 0 aliphatic carbocycles. The first-order chi connectivity index (χ1) is 9.12. The number of primary amides is 1. The van der Waals surface area contributed by atoms with Gasteiger partial charge in [0.15, 0.2) is 0 Å². The van der Waals surface area contributed by atoms with Gasteiger partial charge in [-0.25, -0.2) is 4.39 Å². The number of carbonyl (C=O) groups is 1. The molecule has 0 saturated carbocycles. The van der Waals surface area contributed by atoms with E-state index in [1.165, 1.54) is 12.1 Å². The predicted molar refractivity (Wildman–Crippen MR) is 71.2 cm³/mol. The monoisotopic (exact) mass is 263 g/mol. The molecular formula is C14H18FN3O. The number of hydrogen-bond donors (Lipinski definition) is 2. The Morgan fingerprint density at radius 1 is 1.37 bits per heavy atom. The Labute approximate surface area is 111 Å². The summed E-state index contributed by atoms with van der Waals surface area (Å²) < 4.78 is 12.9. The lowest BCUT2D eigenvalue weighted by Gasteiger charge is -2.34. The Balaban J connectivity index is 1.89. The number of benzene rings is 1. The van der Waals surface area contributed by atoms with Gasteiger partial charge in [-0.1, -0.05) is 0 Å². The van der Waals surface area contributed by atoms with Crippen LogP contribution in [0, 0.1) is 5.82 Å². The zero-order valence-electron chi connectivity index (χ0n) is 10.7. The van der Waals surface area contributed by atoms with Crippen LogP contribution < -0.4 is 11.1 Å². The standard InChI is InChI=1S/C14H18FN3O/c15-10-3-5-11(6-4-10)17-14(13(16)19)7-9-18-8-1-2-12(14)18/h3-6,12,17H,1-2,7-9H2,(H2,16,19). The molecule has 2 aliphatic rings. The van der Waals surface area contributed by atoms with Crippen LogP contribution in [0.4, 0.5) is 10.1 Å². The molecule has 2 fully saturated rings. The zero-order valence-corrected chi connectivity index (χ0v) is 10.7. The minimum Gasteiger partial charge on any atom is -0.370 e. The lowest BCUT2D eigenvalue weighted by atomic mass is 9.87. The molecule has 3 N–H and O–H groups in total. The molecule has 1 amide bonds. The Bertz CT molecular complexity index is 490. The third-order valence-electron chi connectivity index (χ3n) is 4.38. The first kappa shape index (κ1) is 12.4. The molecule has 4 nitrogen and oxygen atoms in total. The maximum atomic E-state index is 12.9. The van der Waals surface area contributed by atoms with E-state index in [1.807, 2.05) is 0 Å². The number of anilines is 1. The number of halogens is 1. The van der Waals surface area contributed by atoms with Crippen LogP contribution in [0.2, 0.25) is 0 Å². The molecule has 0 bridgehead atoms. The van der Waals surface area contributed by atoms with Crippen LogP contribution in [0.3, 0.4) is 0 Å². The Hall–Kier alpha value is -1.62. The summed E-state index contributed by atoms with van der Waals surface area (Å²) in [6.45, 7) is 1.92. The van der Waals surface area contributed by atoms with Crippen LogP contribution in [0.25, 0.3) is 0 Å². The normalized spacial score (nSPS) is 30.3. The van der Waals surface area contributed by atoms with E-state index in [1.54, 1.807) is 12.1 Å². The van der Waals surface area contributed by atoms with Crippen LogP contribution in [0.5, 0.6) is 0 Å². The van der Waals surface area contributed by atoms with Crippen molar-refractivity contribution in [3.8, 4) is 0 Å². The Morgan fingerprint density at radius 3 is 2.79 bits per heavy atom. The van der Waals surface area contributed by atoms with Crippen molar-refractivity contribution in [2.24, 2.45) is 5.73 Å². The average molecular weight is 263 g/mol. The van der Waals surface area contributed by atoms with E-state index in [2.05, 4.69) is 10.2 Å². The van der Waals surface area contributed by atoms with E-state index >= 15 is 0 Å². The minimum atomic E-state index is -0.714. The van der Waals surface area contributed by atoms with Gasteiger partial charge >= 0.3 is 0 Å². The predicted octanol–water partition coefficient (Wildman–Crippen LogP) is 1.33. The highest BCUT2D eigenvalue weighted by Gasteiger charge is 2.53. The maximum Gasteiger partial charge on any atom is 0.244 e. The quantitative estimate of drug-likeness (QED) is 0.865. The second-order valence-corrected chi connectivity index (χ2v) is 5.41. The van der Waals surface area contributed by atoms with Gasteiger partial charge in [-0.3, -0.25) is 9.69 Å². The maximum absolute atomic E-state index is 12.9. The second kappa shape index (κ2) is 4.49. The Morgan fingerprint density at radius 2 is 2.11 bits per heavy atom. The van der Waals surface area contributed by atoms with Crippen LogP contribution in [0.15, 0.2) is 24.3 Å². The zero-order chi connectivity index (χ0) is 13.5. The number of nitrogens with one attached hydrogen (secondary N) is 1. The number of hydrogen-bond acceptors (Lipinski definition) is 3. The van der Waals surface area contributed by atoms with Crippen molar-refractivity contribution >= 4 is 11.6 Å². The molecule has 2 unspecified atom stereocenters. The van der Waals surface area contributed by atoms with E-state index in [-0.39, 0.29) is 17.8 Å². The SMILES string of the molecule is NC(=O)C1(Nc2ccc(F)cc2)CCN2CCCC21. The molecular weight excluding hydrogens is 245 g/mol. The number of amides is 1. The molecule has 19 heavy (non-hydrogen) atoms. The first-order valence-corrected chi connectivity index (χ1v) is 6.69. The smallest absolute Gasteiger partial charge is 0.244 e. The highest BCUT2D eigenvalue weighted by molar-refractivity contribution is 5.89. The van der Waals surface area contributed by atoms with Gasteiger partial charge in [0.2, 0.25) is 5.91 Å². The van der Waals surface area contributed by atoms with E-state index < -0.39 is 5.54 Å². The van der Waals surface area contributed by atoms with Crippen molar-refractivity contribution in [3.05, 3.63) is 30.1 Å². The number of rotatable bonds is 3. The lowest BCUT2D eigenvalue weighted by Crippen LogP contribution is -2.57. The van der Waals surface area contributed by atoms with Crippen molar-refractivity contribution in [3.63, 3.8) is 0 Å². The lowest BCUT2D eigenvalue weighted by molar-refractivity contribution is -0.122. The summed E-state index contributed by atoms with van der Waals surface area (Å²) in [5.41, 5.74) is 5.69. The van der Waals surface area contributed by atoms with Crippen molar-refractivity contribution in [1.29, 1.82) is 0 Å². The number of nitrogens with zero attached hydrogens (tertiary/aromatic N) is 1. The summed E-state index contributed by atoms with van der Waals surface area (Å²) in [5.74, 6) is -0.598. The molecule has 2 aliphatic heterocycles. The average Bonchev–Trinajstić information content (AvgIpc) is 2.96. The second-order valence-electron chi connectivity index (χ2n) is 5.41. The van der Waals surface area contributed by atoms with Crippen molar-refractivity contribution in [2.45, 2.75) is 30.8 Å². The molecule has 3 rings (SSSR count). The Kier molecular flexibility index (Phi) is 2.93. The number of nitrogens with two attached hydrogens (primary N) is 1. The van der Waals surface area contributed by atoms with Gasteiger partial charge in [0.25, 0.3) is 0 Å². The molecule has 0 spiro atoms. The van der Waals surface area contributed by atoms with Gasteiger partial charge in [0, 0.05) is 18.3 Å². The highest BCUT2D eigenvalue weighted by Crippen LogP contribution is 2.38. The fourth-order valence-electron chi connectivity index (χ4n) is 3.42. The summed E-state index contributed by atoms with van der Waals surface area (Å²) in [6.07, 6.45) is 2.80. The third kappa shape index (κ3) is 1.98. The van der Waals surface area contributed by atoms with Crippen molar-refractivity contribution in [2.75, 3.05) is 18.4 Å². The molecule has 5 heteroatoms. The summed E-state index contributed by atoms with van der Waals surface area (Å²) >= 11 is 0. The molecule has 2 heterocycles. The van der Waals surface area contributed by atoms with Crippen molar-refractivity contribution < 1.29 is 9.18 Å². The van der Waals surface area contributed by atoms with Gasteiger partial charge < -0.3 is 11.1 Å². The largest absolute Gasteiger partial charge is 0.370 e. The van der Waals surface area contributed by atoms with Crippen LogP contribution >= 0.6 is 0 Å². The van der Waals surface area contributed by atoms with Gasteiger partial charge in [0.1, 0.15) is 11.4 Å². The van der Waals surface area contributed by atoms with Crippen LogP contribution in [0.1, 0.15) is 19.3 Å². The van der Waals surface area contributed by atoms with Gasteiger partial charge in [-0.05, 0) is 50.1 Å². The summed E-state index contributed by atoms with van der Waals surface area (Å²) in [6, 6.07) is 6.24. The highest BCUT2D eigenvalue weighted by atomic mass is 19.1. The molecule has 2 atom stereocenters. The summed E-state index contributed by atoms with van der Waals surface area (Å²) in [5, 5.41) is 3.27. The molecule has 2 saturated heterocycles. The van der Waals surface area contributed by atoms with Crippen LogP contribution in [-0.2, 0) is 4.79 Å². The molecule has 1 aromatic rings. The van der Waals surface area contributed by atoms with E-state index in [0.717, 1.165) is 31.6 Å². The van der Waals surface area contributed by atoms with Crippen molar-refractivity contribution in [1.82, 2.24) is 4.90 Å². The molecule has 1 aromatic carbocycles. The number of carbonyl (C=O) groups excluding carboxylic acids is 1. The first-order valence-electron chi connectivity index (χ1n) is 6.69. The summed E-state index contributed by atoms with van der Waals surface area (Å²) in [7, 11) is 0. The van der Waals surface area contributed by atoms with Crippen LogP contribution in [-0.4, -0.2) is 35.5 Å². The topological polar surface area (TPSA) is 58.4 Å². The minimum absolute atomic E-state index is 0.162. The van der Waals surface area contributed by atoms with Gasteiger partial charge in [-0.15, -0.1) is 0 Å². The van der Waals surface area contributed by atoms with Gasteiger partial charge in [0.05, 0.1) is 0 Å². The third-order valence-corrected chi connectivity index (χ3v) is 4.38. The van der Waals surface area contributed by atoms with Gasteiger partial charge in [-0.2, -0.15) is 0 Å². The molecule has 102 valence electrons. The molecule has 0 radical (unpaired) electrons. The van der Waals surface area contributed by atoms with E-state index in [0.29, 0.717) is 6.42 Å². The summed E-state index contributed by atoms with van der Waals surface area (Å²) in [4.78, 5) is 14.3. The fourth-order valence-corrected chi connectivity index (χ4v) is 3.42. The van der Waals surface area contributed by atoms with E-state index in [9.17, 15) is 9.18 Å². The molecule has 0 aromatic heterocycles.